The topological polar surface area (TPSA) is 71.4 Å². The van der Waals surface area contributed by atoms with Crippen molar-refractivity contribution in [1.82, 2.24) is 0 Å². The van der Waals surface area contributed by atoms with Crippen LogP contribution in [-0.2, 0) is 9.84 Å². The summed E-state index contributed by atoms with van der Waals surface area (Å²) >= 11 is 0. The number of aromatic carboxylic acids is 1. The van der Waals surface area contributed by atoms with Crippen molar-refractivity contribution in [3.63, 3.8) is 0 Å². The fourth-order valence-corrected chi connectivity index (χ4v) is 3.56. The second-order valence-corrected chi connectivity index (χ2v) is 6.56. The van der Waals surface area contributed by atoms with Crippen molar-refractivity contribution in [3.05, 3.63) is 29.1 Å². The molecule has 0 aliphatic rings. The molecule has 0 spiro atoms. The lowest BCUT2D eigenvalue weighted by Gasteiger charge is -2.11. The Morgan fingerprint density at radius 3 is 2.39 bits per heavy atom. The van der Waals surface area contributed by atoms with Crippen molar-refractivity contribution in [3.8, 4) is 0 Å². The molecule has 0 aliphatic heterocycles. The van der Waals surface area contributed by atoms with Crippen molar-refractivity contribution < 1.29 is 22.7 Å². The van der Waals surface area contributed by atoms with E-state index >= 15 is 0 Å². The van der Waals surface area contributed by atoms with Gasteiger partial charge in [-0.1, -0.05) is 13.8 Å². The normalized spacial score (nSPS) is 11.8. The van der Waals surface area contributed by atoms with Crippen LogP contribution in [0.5, 0.6) is 0 Å². The highest BCUT2D eigenvalue weighted by Crippen LogP contribution is 2.23. The molecule has 0 heterocycles. The highest BCUT2D eigenvalue weighted by molar-refractivity contribution is 7.91. The average Bonchev–Trinajstić information content (AvgIpc) is 2.19. The number of benzene rings is 1. The molecule has 0 aromatic heterocycles. The molecule has 0 atom stereocenters. The minimum absolute atomic E-state index is 0.0411. The van der Waals surface area contributed by atoms with Gasteiger partial charge in [0.25, 0.3) is 0 Å². The minimum atomic E-state index is -3.67. The van der Waals surface area contributed by atoms with E-state index in [2.05, 4.69) is 0 Å². The van der Waals surface area contributed by atoms with Crippen LogP contribution in [0.2, 0.25) is 0 Å². The predicted molar refractivity (Wildman–Crippen MR) is 65.0 cm³/mol. The van der Waals surface area contributed by atoms with Crippen LogP contribution in [0.1, 0.15) is 29.8 Å². The molecule has 0 saturated carbocycles. The van der Waals surface area contributed by atoms with Crippen molar-refractivity contribution in [2.45, 2.75) is 25.7 Å². The van der Waals surface area contributed by atoms with Crippen LogP contribution in [0.3, 0.4) is 0 Å². The van der Waals surface area contributed by atoms with Gasteiger partial charge >= 0.3 is 5.97 Å². The SMILES string of the molecule is Cc1c(F)cc(C(=O)O)cc1S(=O)(=O)CC(C)C. The van der Waals surface area contributed by atoms with E-state index in [4.69, 9.17) is 5.11 Å². The Morgan fingerprint density at radius 1 is 1.39 bits per heavy atom. The maximum Gasteiger partial charge on any atom is 0.335 e. The molecule has 0 fully saturated rings. The van der Waals surface area contributed by atoms with Gasteiger partial charge in [0, 0.05) is 5.56 Å². The third kappa shape index (κ3) is 3.07. The van der Waals surface area contributed by atoms with Crippen molar-refractivity contribution in [1.29, 1.82) is 0 Å². The second kappa shape index (κ2) is 5.06. The van der Waals surface area contributed by atoms with Crippen LogP contribution >= 0.6 is 0 Å². The van der Waals surface area contributed by atoms with E-state index in [0.29, 0.717) is 0 Å². The molecule has 0 amide bonds. The molecule has 1 N–H and O–H groups in total. The van der Waals surface area contributed by atoms with Crippen LogP contribution in [0.15, 0.2) is 17.0 Å². The number of hydrogen-bond acceptors (Lipinski definition) is 3. The first-order valence-electron chi connectivity index (χ1n) is 5.41. The van der Waals surface area contributed by atoms with Crippen LogP contribution in [0.25, 0.3) is 0 Å². The highest BCUT2D eigenvalue weighted by Gasteiger charge is 2.22. The van der Waals surface area contributed by atoms with Gasteiger partial charge in [-0.05, 0) is 25.0 Å². The first-order chi connectivity index (χ1) is 8.15. The summed E-state index contributed by atoms with van der Waals surface area (Å²) in [5.41, 5.74) is -0.402. The van der Waals surface area contributed by atoms with Crippen LogP contribution in [0.4, 0.5) is 4.39 Å². The first-order valence-corrected chi connectivity index (χ1v) is 7.06. The third-order valence-electron chi connectivity index (χ3n) is 2.43. The Labute approximate surface area is 105 Å². The van der Waals surface area contributed by atoms with Gasteiger partial charge in [0.1, 0.15) is 5.82 Å². The van der Waals surface area contributed by atoms with Gasteiger partial charge in [0.15, 0.2) is 9.84 Å². The molecular weight excluding hydrogens is 259 g/mol. The Morgan fingerprint density at radius 2 is 1.94 bits per heavy atom. The lowest BCUT2D eigenvalue weighted by molar-refractivity contribution is 0.0696. The number of carbonyl (C=O) groups is 1. The molecular formula is C12H15FO4S. The molecule has 0 unspecified atom stereocenters. The molecule has 4 nitrogen and oxygen atoms in total. The van der Waals surface area contributed by atoms with Crippen molar-refractivity contribution in [2.75, 3.05) is 5.75 Å². The van der Waals surface area contributed by atoms with E-state index < -0.39 is 21.6 Å². The molecule has 0 radical (unpaired) electrons. The number of carboxylic acids is 1. The third-order valence-corrected chi connectivity index (χ3v) is 4.63. The van der Waals surface area contributed by atoms with Gasteiger partial charge < -0.3 is 5.11 Å². The summed E-state index contributed by atoms with van der Waals surface area (Å²) < 4.78 is 37.6. The zero-order chi connectivity index (χ0) is 14.1. The summed E-state index contributed by atoms with van der Waals surface area (Å²) in [6.45, 7) is 4.78. The van der Waals surface area contributed by atoms with Crippen LogP contribution in [0, 0.1) is 18.7 Å². The molecule has 18 heavy (non-hydrogen) atoms. The summed E-state index contributed by atoms with van der Waals surface area (Å²) in [6, 6.07) is 1.84. The van der Waals surface area contributed by atoms with E-state index in [1.165, 1.54) is 6.92 Å². The Balaban J connectivity index is 3.45. The quantitative estimate of drug-likeness (QED) is 0.914. The second-order valence-electron chi connectivity index (χ2n) is 4.56. The summed E-state index contributed by atoms with van der Waals surface area (Å²) in [6.07, 6.45) is 0. The van der Waals surface area contributed by atoms with Gasteiger partial charge in [-0.3, -0.25) is 0 Å². The Kier molecular flexibility index (Phi) is 4.11. The van der Waals surface area contributed by atoms with Crippen LogP contribution < -0.4 is 0 Å². The molecule has 1 rings (SSSR count). The van der Waals surface area contributed by atoms with Gasteiger partial charge in [-0.25, -0.2) is 17.6 Å². The van der Waals surface area contributed by atoms with Crippen molar-refractivity contribution in [2.24, 2.45) is 5.92 Å². The summed E-state index contributed by atoms with van der Waals surface area (Å²) in [5.74, 6) is -2.44. The van der Waals surface area contributed by atoms with E-state index in [1.807, 2.05) is 0 Å². The van der Waals surface area contributed by atoms with Gasteiger partial charge in [-0.15, -0.1) is 0 Å². The lowest BCUT2D eigenvalue weighted by Crippen LogP contribution is -2.15. The van der Waals surface area contributed by atoms with E-state index in [1.54, 1.807) is 13.8 Å². The maximum absolute atomic E-state index is 13.5. The molecule has 100 valence electrons. The Bertz CT molecular complexity index is 576. The van der Waals surface area contributed by atoms with E-state index in [-0.39, 0.29) is 27.7 Å². The van der Waals surface area contributed by atoms with Gasteiger partial charge in [0.05, 0.1) is 16.2 Å². The summed E-state index contributed by atoms with van der Waals surface area (Å²) in [5, 5.41) is 8.81. The average molecular weight is 274 g/mol. The molecule has 0 saturated heterocycles. The molecule has 1 aromatic rings. The zero-order valence-corrected chi connectivity index (χ0v) is 11.2. The smallest absolute Gasteiger partial charge is 0.335 e. The number of rotatable bonds is 4. The number of hydrogen-bond donors (Lipinski definition) is 1. The Hall–Kier alpha value is -1.43. The minimum Gasteiger partial charge on any atom is -0.478 e. The number of sulfone groups is 1. The van der Waals surface area contributed by atoms with Crippen LogP contribution in [-0.4, -0.2) is 25.2 Å². The largest absolute Gasteiger partial charge is 0.478 e. The standard InChI is InChI=1S/C12H15FO4S/c1-7(2)6-18(16,17)11-5-9(12(14)15)4-10(13)8(11)3/h4-5,7H,6H2,1-3H3,(H,14,15). The molecule has 0 bridgehead atoms. The lowest BCUT2D eigenvalue weighted by atomic mass is 10.1. The molecule has 1 aromatic carbocycles. The molecule has 0 aliphatic carbocycles. The summed E-state index contributed by atoms with van der Waals surface area (Å²) in [4.78, 5) is 10.6. The molecule has 6 heteroatoms. The van der Waals surface area contributed by atoms with E-state index in [9.17, 15) is 17.6 Å². The zero-order valence-electron chi connectivity index (χ0n) is 10.4. The maximum atomic E-state index is 13.5. The fraction of sp³-hybridized carbons (Fsp3) is 0.417. The van der Waals surface area contributed by atoms with Gasteiger partial charge in [-0.2, -0.15) is 0 Å². The van der Waals surface area contributed by atoms with E-state index in [0.717, 1.165) is 12.1 Å². The van der Waals surface area contributed by atoms with Gasteiger partial charge in [0.2, 0.25) is 0 Å². The number of halogens is 1. The first kappa shape index (κ1) is 14.6. The predicted octanol–water partition coefficient (Wildman–Crippen LogP) is 2.26. The highest BCUT2D eigenvalue weighted by atomic mass is 32.2. The van der Waals surface area contributed by atoms with Crippen molar-refractivity contribution >= 4 is 15.8 Å². The number of carboxylic acid groups (broad SMARTS) is 1. The fourth-order valence-electron chi connectivity index (χ4n) is 1.63. The summed E-state index contributed by atoms with van der Waals surface area (Å²) in [7, 11) is -3.67. The monoisotopic (exact) mass is 274 g/mol.